The van der Waals surface area contributed by atoms with Gasteiger partial charge in [0.2, 0.25) is 0 Å². The molecule has 0 radical (unpaired) electrons. The van der Waals surface area contributed by atoms with Crippen LogP contribution in [0.1, 0.15) is 44.4 Å². The van der Waals surface area contributed by atoms with Gasteiger partial charge in [0, 0.05) is 0 Å². The highest BCUT2D eigenvalue weighted by atomic mass is 31.2. The molecule has 114 valence electrons. The average Bonchev–Trinajstić information content (AvgIpc) is 2.40. The first kappa shape index (κ1) is 17.2. The third kappa shape index (κ3) is 4.34. The van der Waals surface area contributed by atoms with Crippen LogP contribution in [-0.4, -0.2) is 18.3 Å². The van der Waals surface area contributed by atoms with Gasteiger partial charge >= 0.3 is 7.60 Å². The summed E-state index contributed by atoms with van der Waals surface area (Å²) >= 11 is 0. The lowest BCUT2D eigenvalue weighted by Gasteiger charge is -2.18. The molecule has 0 heterocycles. The minimum atomic E-state index is -3.10. The molecule has 1 rings (SSSR count). The minimum absolute atomic E-state index is 0.245. The average molecular weight is 300 g/mol. The fourth-order valence-electron chi connectivity index (χ4n) is 2.21. The maximum atomic E-state index is 12.6. The number of aromatic hydroxyl groups is 1. The molecule has 5 heteroatoms. The van der Waals surface area contributed by atoms with Crippen molar-refractivity contribution in [3.63, 3.8) is 0 Å². The second kappa shape index (κ2) is 7.82. The van der Waals surface area contributed by atoms with Crippen molar-refractivity contribution >= 4 is 7.60 Å². The van der Waals surface area contributed by atoms with E-state index in [1.54, 1.807) is 13.8 Å². The predicted molar refractivity (Wildman–Crippen MR) is 81.4 cm³/mol. The first-order valence-corrected chi connectivity index (χ1v) is 8.94. The molecule has 20 heavy (non-hydrogen) atoms. The summed E-state index contributed by atoms with van der Waals surface area (Å²) in [5.41, 5.74) is 2.64. The second-order valence-electron chi connectivity index (χ2n) is 4.57. The monoisotopic (exact) mass is 300 g/mol. The van der Waals surface area contributed by atoms with E-state index >= 15 is 0 Å². The Morgan fingerprint density at radius 2 is 1.45 bits per heavy atom. The summed E-state index contributed by atoms with van der Waals surface area (Å²) in [4.78, 5) is 0. The Hall–Kier alpha value is -0.830. The van der Waals surface area contributed by atoms with Gasteiger partial charge in [0.05, 0.1) is 19.4 Å². The molecule has 1 aromatic carbocycles. The van der Waals surface area contributed by atoms with Crippen LogP contribution in [-0.2, 0) is 32.6 Å². The lowest BCUT2D eigenvalue weighted by Crippen LogP contribution is -2.01. The largest absolute Gasteiger partial charge is 0.507 e. The van der Waals surface area contributed by atoms with Gasteiger partial charge in [-0.1, -0.05) is 26.0 Å². The topological polar surface area (TPSA) is 55.8 Å². The summed E-state index contributed by atoms with van der Waals surface area (Å²) in [5, 5.41) is 10.1. The molecule has 1 N–H and O–H groups in total. The van der Waals surface area contributed by atoms with Gasteiger partial charge in [-0.25, -0.2) is 0 Å². The molecule has 0 saturated heterocycles. The Labute approximate surface area is 121 Å². The van der Waals surface area contributed by atoms with Crippen molar-refractivity contribution in [1.82, 2.24) is 0 Å². The lowest BCUT2D eigenvalue weighted by molar-refractivity contribution is 0.219. The van der Waals surface area contributed by atoms with Crippen LogP contribution in [0.5, 0.6) is 5.75 Å². The number of rotatable bonds is 8. The standard InChI is InChI=1S/C15H25O4P/c1-5-13-9-12(10-14(6-2)15(13)16)11-20(17,18-7-3)19-8-4/h9-10,16H,5-8,11H2,1-4H3. The van der Waals surface area contributed by atoms with Gasteiger partial charge < -0.3 is 14.2 Å². The summed E-state index contributed by atoms with van der Waals surface area (Å²) in [7, 11) is -3.10. The summed E-state index contributed by atoms with van der Waals surface area (Å²) in [6.45, 7) is 8.30. The molecule has 0 spiro atoms. The molecule has 0 unspecified atom stereocenters. The van der Waals surface area contributed by atoms with E-state index in [-0.39, 0.29) is 6.16 Å². The smallest absolute Gasteiger partial charge is 0.335 e. The van der Waals surface area contributed by atoms with Gasteiger partial charge in [-0.15, -0.1) is 0 Å². The highest BCUT2D eigenvalue weighted by Gasteiger charge is 2.24. The molecule has 1 aromatic rings. The van der Waals surface area contributed by atoms with E-state index in [2.05, 4.69) is 0 Å². The van der Waals surface area contributed by atoms with Crippen molar-refractivity contribution in [1.29, 1.82) is 0 Å². The summed E-state index contributed by atoms with van der Waals surface area (Å²) in [6.07, 6.45) is 1.72. The zero-order chi connectivity index (χ0) is 15.2. The molecule has 0 bridgehead atoms. The number of hydrogen-bond acceptors (Lipinski definition) is 4. The number of phenolic OH excluding ortho intramolecular Hbond substituents is 1. The Kier molecular flexibility index (Phi) is 6.74. The van der Waals surface area contributed by atoms with Gasteiger partial charge in [-0.3, -0.25) is 4.57 Å². The minimum Gasteiger partial charge on any atom is -0.507 e. The van der Waals surface area contributed by atoms with Crippen LogP contribution in [0, 0.1) is 0 Å². The van der Waals surface area contributed by atoms with Crippen LogP contribution in [0.15, 0.2) is 12.1 Å². The second-order valence-corrected chi connectivity index (χ2v) is 6.63. The van der Waals surface area contributed by atoms with Crippen LogP contribution in [0.2, 0.25) is 0 Å². The van der Waals surface area contributed by atoms with E-state index in [1.807, 2.05) is 26.0 Å². The number of phenols is 1. The molecular formula is C15H25O4P. The molecule has 0 fully saturated rings. The van der Waals surface area contributed by atoms with E-state index in [9.17, 15) is 9.67 Å². The van der Waals surface area contributed by atoms with Gasteiger partial charge in [0.1, 0.15) is 5.75 Å². The van der Waals surface area contributed by atoms with Crippen LogP contribution < -0.4 is 0 Å². The predicted octanol–water partition coefficient (Wildman–Crippen LogP) is 4.28. The molecule has 0 aliphatic rings. The summed E-state index contributed by atoms with van der Waals surface area (Å²) < 4.78 is 23.2. The van der Waals surface area contributed by atoms with Crippen LogP contribution in [0.3, 0.4) is 0 Å². The normalized spacial score (nSPS) is 11.8. The zero-order valence-electron chi connectivity index (χ0n) is 12.8. The van der Waals surface area contributed by atoms with E-state index in [4.69, 9.17) is 9.05 Å². The van der Waals surface area contributed by atoms with E-state index in [1.165, 1.54) is 0 Å². The third-order valence-electron chi connectivity index (χ3n) is 3.12. The molecule has 0 aromatic heterocycles. The van der Waals surface area contributed by atoms with Gasteiger partial charge in [-0.2, -0.15) is 0 Å². The van der Waals surface area contributed by atoms with Crippen molar-refractivity contribution in [3.8, 4) is 5.75 Å². The zero-order valence-corrected chi connectivity index (χ0v) is 13.7. The number of hydrogen-bond donors (Lipinski definition) is 1. The van der Waals surface area contributed by atoms with E-state index < -0.39 is 7.60 Å². The Balaban J connectivity index is 3.09. The van der Waals surface area contributed by atoms with Crippen LogP contribution in [0.4, 0.5) is 0 Å². The van der Waals surface area contributed by atoms with Crippen molar-refractivity contribution in [2.75, 3.05) is 13.2 Å². The van der Waals surface area contributed by atoms with Gasteiger partial charge in [-0.05, 0) is 43.4 Å². The lowest BCUT2D eigenvalue weighted by atomic mass is 10.0. The fourth-order valence-corrected chi connectivity index (χ4v) is 3.88. The Morgan fingerprint density at radius 1 is 1.00 bits per heavy atom. The van der Waals surface area contributed by atoms with E-state index in [0.717, 1.165) is 29.5 Å². The maximum Gasteiger partial charge on any atom is 0.335 e. The van der Waals surface area contributed by atoms with E-state index in [0.29, 0.717) is 19.0 Å². The summed E-state index contributed by atoms with van der Waals surface area (Å²) in [6, 6.07) is 3.78. The van der Waals surface area contributed by atoms with Gasteiger partial charge in [0.15, 0.2) is 0 Å². The molecule has 0 aliphatic heterocycles. The van der Waals surface area contributed by atoms with Gasteiger partial charge in [0.25, 0.3) is 0 Å². The van der Waals surface area contributed by atoms with Crippen molar-refractivity contribution in [3.05, 3.63) is 28.8 Å². The first-order valence-electron chi connectivity index (χ1n) is 7.21. The van der Waals surface area contributed by atoms with Crippen LogP contribution >= 0.6 is 7.60 Å². The SMILES string of the molecule is CCOP(=O)(Cc1cc(CC)c(O)c(CC)c1)OCC. The van der Waals surface area contributed by atoms with Crippen molar-refractivity contribution in [2.24, 2.45) is 0 Å². The maximum absolute atomic E-state index is 12.6. The molecule has 4 nitrogen and oxygen atoms in total. The van der Waals surface area contributed by atoms with Crippen LogP contribution in [0.25, 0.3) is 0 Å². The first-order chi connectivity index (χ1) is 9.49. The fraction of sp³-hybridized carbons (Fsp3) is 0.600. The third-order valence-corrected chi connectivity index (χ3v) is 5.17. The molecular weight excluding hydrogens is 275 g/mol. The molecule has 0 amide bonds. The highest BCUT2D eigenvalue weighted by molar-refractivity contribution is 7.53. The number of aryl methyl sites for hydroxylation is 2. The quantitative estimate of drug-likeness (QED) is 0.728. The molecule has 0 atom stereocenters. The number of benzene rings is 1. The Morgan fingerprint density at radius 3 is 1.80 bits per heavy atom. The van der Waals surface area contributed by atoms with Crippen molar-refractivity contribution in [2.45, 2.75) is 46.7 Å². The molecule has 0 aliphatic carbocycles. The summed E-state index contributed by atoms with van der Waals surface area (Å²) in [5.74, 6) is 0.349. The highest BCUT2D eigenvalue weighted by Crippen LogP contribution is 2.51. The molecule has 0 saturated carbocycles. The van der Waals surface area contributed by atoms with Crippen molar-refractivity contribution < 1.29 is 18.7 Å². The Bertz CT molecular complexity index is 450.